The smallest absolute Gasteiger partial charge is 0.266 e. The van der Waals surface area contributed by atoms with Crippen molar-refractivity contribution in [2.75, 3.05) is 11.1 Å². The number of carbonyl (C=O) groups is 1. The van der Waals surface area contributed by atoms with Crippen molar-refractivity contribution in [1.29, 1.82) is 0 Å². The number of benzene rings is 3. The number of carbonyl (C=O) groups excluding carboxylic acids is 1. The first-order valence-electron chi connectivity index (χ1n) is 9.70. The van der Waals surface area contributed by atoms with E-state index in [1.165, 1.54) is 16.3 Å². The van der Waals surface area contributed by atoms with Crippen molar-refractivity contribution >= 4 is 45.9 Å². The van der Waals surface area contributed by atoms with E-state index in [2.05, 4.69) is 10.3 Å². The summed E-state index contributed by atoms with van der Waals surface area (Å²) in [6.07, 6.45) is 0. The van der Waals surface area contributed by atoms with Crippen molar-refractivity contribution in [2.45, 2.75) is 19.0 Å². The highest BCUT2D eigenvalue weighted by Crippen LogP contribution is 2.24. The second-order valence-corrected chi connectivity index (χ2v) is 8.50. The van der Waals surface area contributed by atoms with Crippen LogP contribution in [-0.2, 0) is 4.79 Å². The highest BCUT2D eigenvalue weighted by molar-refractivity contribution is 7.99. The maximum absolute atomic E-state index is 13.2. The Bertz CT molecular complexity index is 1350. The third-order valence-corrected chi connectivity index (χ3v) is 6.20. The Hall–Kier alpha value is -3.09. The summed E-state index contributed by atoms with van der Waals surface area (Å²) in [6.45, 7) is 3.97. The van der Waals surface area contributed by atoms with Gasteiger partial charge in [-0.3, -0.25) is 14.2 Å². The summed E-state index contributed by atoms with van der Waals surface area (Å²) in [5.41, 5.74) is 3.91. The van der Waals surface area contributed by atoms with Gasteiger partial charge in [-0.15, -0.1) is 0 Å². The summed E-state index contributed by atoms with van der Waals surface area (Å²) in [5.74, 6) is -0.0580. The van der Waals surface area contributed by atoms with E-state index in [4.69, 9.17) is 11.6 Å². The summed E-state index contributed by atoms with van der Waals surface area (Å²) in [6, 6.07) is 20.0. The number of aromatic nitrogens is 2. The molecule has 0 radical (unpaired) electrons. The molecule has 0 aliphatic heterocycles. The van der Waals surface area contributed by atoms with Crippen molar-refractivity contribution in [3.05, 3.63) is 93.2 Å². The second-order valence-electron chi connectivity index (χ2n) is 7.12. The van der Waals surface area contributed by atoms with Crippen molar-refractivity contribution < 1.29 is 4.79 Å². The molecule has 7 heteroatoms. The molecular formula is C24H20ClN3O2S. The largest absolute Gasteiger partial charge is 0.325 e. The Balaban J connectivity index is 1.68. The first kappa shape index (κ1) is 21.2. The highest BCUT2D eigenvalue weighted by atomic mass is 35.5. The van der Waals surface area contributed by atoms with Crippen LogP contribution in [0.1, 0.15) is 11.1 Å². The van der Waals surface area contributed by atoms with E-state index in [1.807, 2.05) is 38.1 Å². The molecule has 0 unspecified atom stereocenters. The van der Waals surface area contributed by atoms with Gasteiger partial charge < -0.3 is 5.32 Å². The fraction of sp³-hybridized carbons (Fsp3) is 0.125. The fourth-order valence-electron chi connectivity index (χ4n) is 3.25. The molecule has 0 aliphatic carbocycles. The Morgan fingerprint density at radius 2 is 1.84 bits per heavy atom. The van der Waals surface area contributed by atoms with Crippen LogP contribution in [0, 0.1) is 13.8 Å². The molecule has 0 aliphatic rings. The van der Waals surface area contributed by atoms with Crippen molar-refractivity contribution in [1.82, 2.24) is 9.55 Å². The lowest BCUT2D eigenvalue weighted by Crippen LogP contribution is -2.23. The molecule has 3 aromatic carbocycles. The van der Waals surface area contributed by atoms with Gasteiger partial charge in [0.15, 0.2) is 5.16 Å². The van der Waals surface area contributed by atoms with Gasteiger partial charge in [-0.05, 0) is 61.4 Å². The maximum Gasteiger partial charge on any atom is 0.266 e. The van der Waals surface area contributed by atoms with Crippen LogP contribution >= 0.6 is 23.4 Å². The van der Waals surface area contributed by atoms with Crippen LogP contribution in [0.4, 0.5) is 5.69 Å². The van der Waals surface area contributed by atoms with Crippen LogP contribution < -0.4 is 10.9 Å². The Labute approximate surface area is 189 Å². The molecule has 0 fully saturated rings. The van der Waals surface area contributed by atoms with Crippen LogP contribution in [0.2, 0.25) is 5.02 Å². The topological polar surface area (TPSA) is 64.0 Å². The number of nitrogens with one attached hydrogen (secondary N) is 1. The second kappa shape index (κ2) is 8.96. The average molecular weight is 450 g/mol. The summed E-state index contributed by atoms with van der Waals surface area (Å²) in [4.78, 5) is 30.5. The van der Waals surface area contributed by atoms with E-state index in [0.717, 1.165) is 16.8 Å². The van der Waals surface area contributed by atoms with Crippen molar-refractivity contribution in [3.8, 4) is 5.69 Å². The van der Waals surface area contributed by atoms with E-state index >= 15 is 0 Å². The first-order chi connectivity index (χ1) is 14.9. The van der Waals surface area contributed by atoms with Crippen molar-refractivity contribution in [2.24, 2.45) is 0 Å². The average Bonchev–Trinajstić information content (AvgIpc) is 2.75. The van der Waals surface area contributed by atoms with Crippen molar-refractivity contribution in [3.63, 3.8) is 0 Å². The molecule has 1 N–H and O–H groups in total. The molecule has 0 saturated carbocycles. The quantitative estimate of drug-likeness (QED) is 0.328. The van der Waals surface area contributed by atoms with Crippen LogP contribution in [0.25, 0.3) is 16.6 Å². The predicted molar refractivity (Wildman–Crippen MR) is 128 cm³/mol. The highest BCUT2D eigenvalue weighted by Gasteiger charge is 2.15. The molecule has 5 nitrogen and oxygen atoms in total. The van der Waals surface area contributed by atoms with Gasteiger partial charge in [-0.2, -0.15) is 0 Å². The number of hydrogen-bond donors (Lipinski definition) is 1. The number of thioether (sulfide) groups is 1. The summed E-state index contributed by atoms with van der Waals surface area (Å²) >= 11 is 7.37. The predicted octanol–water partition coefficient (Wildman–Crippen LogP) is 5.39. The number of anilines is 1. The number of aryl methyl sites for hydroxylation is 1. The number of halogens is 1. The van der Waals surface area contributed by atoms with E-state index < -0.39 is 0 Å². The standard InChI is InChI=1S/C24H20ClN3O2S/c1-15-7-5-12-20(16(15)2)26-22(29)14-31-24-27-21-11-4-3-10-19(21)23(30)28(24)18-9-6-8-17(25)13-18/h3-13H,14H2,1-2H3,(H,26,29). The molecule has 156 valence electrons. The number of nitrogens with zero attached hydrogens (tertiary/aromatic N) is 2. The summed E-state index contributed by atoms with van der Waals surface area (Å²) in [5, 5.41) is 4.40. The van der Waals surface area contributed by atoms with Gasteiger partial charge in [0.05, 0.1) is 22.3 Å². The maximum atomic E-state index is 13.2. The van der Waals surface area contributed by atoms with Gasteiger partial charge >= 0.3 is 0 Å². The summed E-state index contributed by atoms with van der Waals surface area (Å²) in [7, 11) is 0. The molecule has 0 bridgehead atoms. The number of fused-ring (bicyclic) bond motifs is 1. The van der Waals surface area contributed by atoms with Crippen LogP contribution in [0.15, 0.2) is 76.7 Å². The van der Waals surface area contributed by atoms with Gasteiger partial charge in [0.2, 0.25) is 5.91 Å². The van der Waals surface area contributed by atoms with E-state index in [1.54, 1.807) is 42.5 Å². The SMILES string of the molecule is Cc1cccc(NC(=O)CSc2nc3ccccc3c(=O)n2-c2cccc(Cl)c2)c1C. The number of rotatable bonds is 5. The first-order valence-corrected chi connectivity index (χ1v) is 11.1. The lowest BCUT2D eigenvalue weighted by atomic mass is 10.1. The lowest BCUT2D eigenvalue weighted by molar-refractivity contribution is -0.113. The third kappa shape index (κ3) is 4.50. The number of hydrogen-bond acceptors (Lipinski definition) is 4. The Kier molecular flexibility index (Phi) is 6.11. The fourth-order valence-corrected chi connectivity index (χ4v) is 4.25. The zero-order valence-electron chi connectivity index (χ0n) is 17.1. The normalized spacial score (nSPS) is 10.9. The molecule has 0 atom stereocenters. The van der Waals surface area contributed by atoms with Gasteiger partial charge in [-0.25, -0.2) is 4.98 Å². The van der Waals surface area contributed by atoms with Gasteiger partial charge in [0.25, 0.3) is 5.56 Å². The Morgan fingerprint density at radius 3 is 2.65 bits per heavy atom. The minimum atomic E-state index is -0.203. The number of para-hydroxylation sites is 1. The minimum Gasteiger partial charge on any atom is -0.325 e. The van der Waals surface area contributed by atoms with E-state index in [-0.39, 0.29) is 17.2 Å². The zero-order chi connectivity index (χ0) is 22.0. The molecular weight excluding hydrogens is 430 g/mol. The van der Waals surface area contributed by atoms with E-state index in [0.29, 0.717) is 26.8 Å². The molecule has 4 rings (SSSR count). The number of amides is 1. The lowest BCUT2D eigenvalue weighted by Gasteiger charge is -2.14. The van der Waals surface area contributed by atoms with E-state index in [9.17, 15) is 9.59 Å². The van der Waals surface area contributed by atoms with Gasteiger partial charge in [-0.1, -0.05) is 53.7 Å². The monoisotopic (exact) mass is 449 g/mol. The molecule has 0 saturated heterocycles. The molecule has 1 aromatic heterocycles. The molecule has 1 heterocycles. The van der Waals surface area contributed by atoms with Crippen LogP contribution in [0.5, 0.6) is 0 Å². The third-order valence-electron chi connectivity index (χ3n) is 5.02. The molecule has 1 amide bonds. The minimum absolute atomic E-state index is 0.110. The van der Waals surface area contributed by atoms with Crippen LogP contribution in [0.3, 0.4) is 0 Å². The van der Waals surface area contributed by atoms with Gasteiger partial charge in [0.1, 0.15) is 0 Å². The zero-order valence-corrected chi connectivity index (χ0v) is 18.6. The summed E-state index contributed by atoms with van der Waals surface area (Å²) < 4.78 is 1.50. The van der Waals surface area contributed by atoms with Crippen LogP contribution in [-0.4, -0.2) is 21.2 Å². The molecule has 0 spiro atoms. The molecule has 31 heavy (non-hydrogen) atoms. The molecule has 4 aromatic rings. The van der Waals surface area contributed by atoms with Gasteiger partial charge in [0, 0.05) is 10.7 Å². The Morgan fingerprint density at radius 1 is 1.06 bits per heavy atom.